The molecule has 0 saturated carbocycles. The Balaban J connectivity index is 2.37. The van der Waals surface area contributed by atoms with Crippen LogP contribution in [0, 0.1) is 13.8 Å². The Morgan fingerprint density at radius 2 is 1.83 bits per heavy atom. The fourth-order valence-corrected chi connectivity index (χ4v) is 2.80. The molecule has 5 nitrogen and oxygen atoms in total. The Bertz CT molecular complexity index is 511. The van der Waals surface area contributed by atoms with Crippen molar-refractivity contribution in [3.63, 3.8) is 0 Å². The molecule has 0 fully saturated rings. The molecule has 0 radical (unpaired) electrons. The highest BCUT2D eigenvalue weighted by molar-refractivity contribution is 5.93. The summed E-state index contributed by atoms with van der Waals surface area (Å²) in [5.74, 6) is 0.00760. The number of rotatable bonds is 11. The Morgan fingerprint density at radius 3 is 2.42 bits per heavy atom. The van der Waals surface area contributed by atoms with Crippen molar-refractivity contribution in [2.45, 2.75) is 33.6 Å². The molecule has 0 atom stereocenters. The van der Waals surface area contributed by atoms with Crippen LogP contribution in [0.2, 0.25) is 0 Å². The standard InChI is InChI=1S/C19H31N3O2/c1-5-10-22(13-14-23)12-7-11-21(4)15-18(24)20-19-16(2)8-6-9-17(19)3/h6,8-9,14H,5,7,10-13,15H2,1-4H3,(H,20,24). The molecule has 1 aromatic carbocycles. The molecule has 24 heavy (non-hydrogen) atoms. The van der Waals surface area contributed by atoms with Crippen LogP contribution in [-0.2, 0) is 9.59 Å². The topological polar surface area (TPSA) is 52.7 Å². The van der Waals surface area contributed by atoms with E-state index in [0.717, 1.165) is 55.6 Å². The summed E-state index contributed by atoms with van der Waals surface area (Å²) < 4.78 is 0. The number of carbonyl (C=O) groups is 2. The van der Waals surface area contributed by atoms with E-state index in [1.165, 1.54) is 0 Å². The zero-order valence-electron chi connectivity index (χ0n) is 15.5. The molecular weight excluding hydrogens is 302 g/mol. The van der Waals surface area contributed by atoms with Crippen molar-refractivity contribution in [2.24, 2.45) is 0 Å². The maximum atomic E-state index is 12.2. The fraction of sp³-hybridized carbons (Fsp3) is 0.579. The van der Waals surface area contributed by atoms with Crippen molar-refractivity contribution in [3.05, 3.63) is 29.3 Å². The van der Waals surface area contributed by atoms with Gasteiger partial charge in [0.2, 0.25) is 5.91 Å². The van der Waals surface area contributed by atoms with Gasteiger partial charge >= 0.3 is 0 Å². The predicted octanol–water partition coefficient (Wildman–Crippen LogP) is 2.47. The number of para-hydroxylation sites is 1. The number of nitrogens with one attached hydrogen (secondary N) is 1. The molecule has 0 aliphatic heterocycles. The number of anilines is 1. The van der Waals surface area contributed by atoms with E-state index in [4.69, 9.17) is 0 Å². The summed E-state index contributed by atoms with van der Waals surface area (Å²) in [6.45, 7) is 9.63. The Morgan fingerprint density at radius 1 is 1.17 bits per heavy atom. The van der Waals surface area contributed by atoms with Crippen molar-refractivity contribution in [1.82, 2.24) is 9.80 Å². The van der Waals surface area contributed by atoms with Crippen LogP contribution in [0.4, 0.5) is 5.69 Å². The van der Waals surface area contributed by atoms with Crippen molar-refractivity contribution in [1.29, 1.82) is 0 Å². The van der Waals surface area contributed by atoms with Gasteiger partial charge in [0.1, 0.15) is 6.29 Å². The second kappa shape index (κ2) is 10.9. The SMILES string of the molecule is CCCN(CC=O)CCCN(C)CC(=O)Nc1c(C)cccc1C. The van der Waals surface area contributed by atoms with Crippen LogP contribution in [0.15, 0.2) is 18.2 Å². The lowest BCUT2D eigenvalue weighted by molar-refractivity contribution is -0.117. The van der Waals surface area contributed by atoms with Crippen LogP contribution >= 0.6 is 0 Å². The third kappa shape index (κ3) is 7.23. The van der Waals surface area contributed by atoms with Crippen LogP contribution < -0.4 is 5.32 Å². The van der Waals surface area contributed by atoms with Gasteiger partial charge in [0.25, 0.3) is 0 Å². The number of aryl methyl sites for hydroxylation is 2. The minimum atomic E-state index is 0.00760. The van der Waals surface area contributed by atoms with E-state index in [0.29, 0.717) is 13.1 Å². The number of hydrogen-bond donors (Lipinski definition) is 1. The smallest absolute Gasteiger partial charge is 0.238 e. The molecule has 0 aliphatic carbocycles. The van der Waals surface area contributed by atoms with Gasteiger partial charge in [-0.25, -0.2) is 0 Å². The van der Waals surface area contributed by atoms with Gasteiger partial charge in [-0.2, -0.15) is 0 Å². The van der Waals surface area contributed by atoms with Gasteiger partial charge in [-0.1, -0.05) is 25.1 Å². The molecular formula is C19H31N3O2. The molecule has 1 amide bonds. The Hall–Kier alpha value is -1.72. The summed E-state index contributed by atoms with van der Waals surface area (Å²) in [6.07, 6.45) is 2.94. The van der Waals surface area contributed by atoms with Gasteiger partial charge in [-0.3, -0.25) is 14.6 Å². The summed E-state index contributed by atoms with van der Waals surface area (Å²) in [4.78, 5) is 27.0. The molecule has 0 bridgehead atoms. The molecule has 0 saturated heterocycles. The quantitative estimate of drug-likeness (QED) is 0.632. The van der Waals surface area contributed by atoms with Crippen LogP contribution in [0.3, 0.4) is 0 Å². The summed E-state index contributed by atoms with van der Waals surface area (Å²) in [7, 11) is 1.95. The highest BCUT2D eigenvalue weighted by Crippen LogP contribution is 2.19. The molecule has 1 rings (SSSR count). The monoisotopic (exact) mass is 333 g/mol. The number of hydrogen-bond acceptors (Lipinski definition) is 4. The number of nitrogens with zero attached hydrogens (tertiary/aromatic N) is 2. The third-order valence-electron chi connectivity index (χ3n) is 4.05. The maximum Gasteiger partial charge on any atom is 0.238 e. The lowest BCUT2D eigenvalue weighted by Gasteiger charge is -2.21. The molecule has 0 spiro atoms. The minimum Gasteiger partial charge on any atom is -0.324 e. The van der Waals surface area contributed by atoms with E-state index in [1.807, 2.05) is 44.0 Å². The minimum absolute atomic E-state index is 0.00760. The van der Waals surface area contributed by atoms with Gasteiger partial charge < -0.3 is 10.1 Å². The normalized spacial score (nSPS) is 11.1. The Kier molecular flexibility index (Phi) is 9.27. The number of likely N-dealkylation sites (N-methyl/N-ethyl adjacent to an activating group) is 1. The molecule has 5 heteroatoms. The van der Waals surface area contributed by atoms with Crippen molar-refractivity contribution >= 4 is 17.9 Å². The molecule has 0 unspecified atom stereocenters. The lowest BCUT2D eigenvalue weighted by atomic mass is 10.1. The number of benzene rings is 1. The van der Waals surface area contributed by atoms with Gasteiger partial charge in [-0.05, 0) is 64.5 Å². The first-order chi connectivity index (χ1) is 11.5. The number of amides is 1. The summed E-state index contributed by atoms with van der Waals surface area (Å²) in [5, 5.41) is 3.01. The zero-order valence-corrected chi connectivity index (χ0v) is 15.5. The average molecular weight is 333 g/mol. The van der Waals surface area contributed by atoms with E-state index >= 15 is 0 Å². The first-order valence-corrected chi connectivity index (χ1v) is 8.68. The largest absolute Gasteiger partial charge is 0.324 e. The van der Waals surface area contributed by atoms with E-state index in [-0.39, 0.29) is 5.91 Å². The van der Waals surface area contributed by atoms with Crippen LogP contribution in [0.1, 0.15) is 30.9 Å². The van der Waals surface area contributed by atoms with Gasteiger partial charge in [0, 0.05) is 5.69 Å². The van der Waals surface area contributed by atoms with Gasteiger partial charge in [0.15, 0.2) is 0 Å². The predicted molar refractivity (Wildman–Crippen MR) is 99.5 cm³/mol. The number of carbonyl (C=O) groups excluding carboxylic acids is 2. The third-order valence-corrected chi connectivity index (χ3v) is 4.05. The second-order valence-corrected chi connectivity index (χ2v) is 6.37. The van der Waals surface area contributed by atoms with Crippen LogP contribution in [0.25, 0.3) is 0 Å². The van der Waals surface area contributed by atoms with E-state index < -0.39 is 0 Å². The average Bonchev–Trinajstić information content (AvgIpc) is 2.51. The highest BCUT2D eigenvalue weighted by Gasteiger charge is 2.10. The first-order valence-electron chi connectivity index (χ1n) is 8.68. The Labute approximate surface area is 146 Å². The molecule has 0 heterocycles. The summed E-state index contributed by atoms with van der Waals surface area (Å²) >= 11 is 0. The molecule has 1 aromatic rings. The zero-order chi connectivity index (χ0) is 17.9. The van der Waals surface area contributed by atoms with E-state index in [9.17, 15) is 9.59 Å². The summed E-state index contributed by atoms with van der Waals surface area (Å²) in [6, 6.07) is 6.00. The van der Waals surface area contributed by atoms with E-state index in [1.54, 1.807) is 0 Å². The van der Waals surface area contributed by atoms with Crippen LogP contribution in [-0.4, -0.2) is 61.8 Å². The molecule has 0 aliphatic rings. The van der Waals surface area contributed by atoms with Crippen molar-refractivity contribution in [3.8, 4) is 0 Å². The molecule has 1 N–H and O–H groups in total. The van der Waals surface area contributed by atoms with Crippen LogP contribution in [0.5, 0.6) is 0 Å². The van der Waals surface area contributed by atoms with Crippen molar-refractivity contribution in [2.75, 3.05) is 45.1 Å². The van der Waals surface area contributed by atoms with E-state index in [2.05, 4.69) is 17.1 Å². The summed E-state index contributed by atoms with van der Waals surface area (Å²) in [5.41, 5.74) is 3.07. The number of aldehydes is 1. The maximum absolute atomic E-state index is 12.2. The fourth-order valence-electron chi connectivity index (χ4n) is 2.80. The van der Waals surface area contributed by atoms with Gasteiger partial charge in [-0.15, -0.1) is 0 Å². The highest BCUT2D eigenvalue weighted by atomic mass is 16.2. The van der Waals surface area contributed by atoms with Crippen molar-refractivity contribution < 1.29 is 9.59 Å². The molecule has 134 valence electrons. The lowest BCUT2D eigenvalue weighted by Crippen LogP contribution is -2.34. The molecule has 0 aromatic heterocycles. The second-order valence-electron chi connectivity index (χ2n) is 6.37. The first kappa shape index (κ1) is 20.3. The van der Waals surface area contributed by atoms with Gasteiger partial charge in [0.05, 0.1) is 13.1 Å².